The highest BCUT2D eigenvalue weighted by molar-refractivity contribution is 5.73. The molecule has 1 aliphatic rings. The summed E-state index contributed by atoms with van der Waals surface area (Å²) in [5.74, 6) is 0.647. The first-order valence-electron chi connectivity index (χ1n) is 4.31. The lowest BCUT2D eigenvalue weighted by molar-refractivity contribution is -0.385. The van der Waals surface area contributed by atoms with Crippen molar-refractivity contribution in [3.05, 3.63) is 40.7 Å². The van der Waals surface area contributed by atoms with Crippen LogP contribution in [0.4, 0.5) is 11.5 Å². The maximum atomic E-state index is 10.4. The SMILES string of the molecule is O=[N+]([O-])c1ccc(N2C=CC=NC2)nc1. The van der Waals surface area contributed by atoms with Gasteiger partial charge in [-0.15, -0.1) is 0 Å². The van der Waals surface area contributed by atoms with E-state index in [9.17, 15) is 10.1 Å². The van der Waals surface area contributed by atoms with E-state index in [0.29, 0.717) is 12.5 Å². The predicted octanol–water partition coefficient (Wildman–Crippen LogP) is 1.35. The number of aliphatic imine (C=N–C) groups is 1. The molecule has 0 aromatic carbocycles. The van der Waals surface area contributed by atoms with Crippen LogP contribution < -0.4 is 4.90 Å². The zero-order valence-electron chi connectivity index (χ0n) is 7.78. The Labute approximate surface area is 85.7 Å². The van der Waals surface area contributed by atoms with Crippen molar-refractivity contribution in [3.63, 3.8) is 0 Å². The van der Waals surface area contributed by atoms with E-state index in [2.05, 4.69) is 9.98 Å². The van der Waals surface area contributed by atoms with Crippen molar-refractivity contribution in [3.8, 4) is 0 Å². The Bertz CT molecular complexity index is 424. The van der Waals surface area contributed by atoms with E-state index in [1.165, 1.54) is 12.3 Å². The fraction of sp³-hybridized carbons (Fsp3) is 0.111. The Morgan fingerprint density at radius 3 is 2.87 bits per heavy atom. The Balaban J connectivity index is 2.20. The molecule has 6 heteroatoms. The molecule has 0 saturated carbocycles. The molecule has 0 radical (unpaired) electrons. The Morgan fingerprint density at radius 1 is 1.47 bits per heavy atom. The van der Waals surface area contributed by atoms with E-state index in [0.717, 1.165) is 0 Å². The third kappa shape index (κ3) is 1.98. The summed E-state index contributed by atoms with van der Waals surface area (Å²) in [7, 11) is 0. The molecule has 0 amide bonds. The summed E-state index contributed by atoms with van der Waals surface area (Å²) in [4.78, 5) is 19.7. The van der Waals surface area contributed by atoms with Crippen molar-refractivity contribution in [2.45, 2.75) is 0 Å². The number of allylic oxidation sites excluding steroid dienone is 1. The largest absolute Gasteiger partial charge is 0.313 e. The van der Waals surface area contributed by atoms with Crippen molar-refractivity contribution in [1.29, 1.82) is 0 Å². The second-order valence-electron chi connectivity index (χ2n) is 2.92. The number of rotatable bonds is 2. The van der Waals surface area contributed by atoms with Gasteiger partial charge in [0.05, 0.1) is 4.92 Å². The number of anilines is 1. The molecule has 0 unspecified atom stereocenters. The van der Waals surface area contributed by atoms with Crippen LogP contribution in [0, 0.1) is 10.1 Å². The normalized spacial score (nSPS) is 14.3. The average Bonchev–Trinajstić information content (AvgIpc) is 2.30. The standard InChI is InChI=1S/C9H8N4O2/c14-13(15)8-2-3-9(11-6-8)12-5-1-4-10-7-12/h1-6H,7H2. The van der Waals surface area contributed by atoms with Gasteiger partial charge >= 0.3 is 0 Å². The van der Waals surface area contributed by atoms with E-state index in [4.69, 9.17) is 0 Å². The molecule has 0 aliphatic carbocycles. The minimum atomic E-state index is -0.471. The summed E-state index contributed by atoms with van der Waals surface area (Å²) in [5, 5.41) is 10.4. The molecule has 0 spiro atoms. The first-order chi connectivity index (χ1) is 7.27. The number of hydrogen-bond donors (Lipinski definition) is 0. The molecule has 1 aromatic heterocycles. The third-order valence-electron chi connectivity index (χ3n) is 1.93. The summed E-state index contributed by atoms with van der Waals surface area (Å²) < 4.78 is 0. The third-order valence-corrected chi connectivity index (χ3v) is 1.93. The minimum Gasteiger partial charge on any atom is -0.313 e. The summed E-state index contributed by atoms with van der Waals surface area (Å²) >= 11 is 0. The van der Waals surface area contributed by atoms with Gasteiger partial charge in [-0.3, -0.25) is 15.1 Å². The second kappa shape index (κ2) is 3.87. The van der Waals surface area contributed by atoms with E-state index in [1.54, 1.807) is 23.3 Å². The molecule has 6 nitrogen and oxygen atoms in total. The van der Waals surface area contributed by atoms with Crippen LogP contribution in [-0.2, 0) is 0 Å². The van der Waals surface area contributed by atoms with Crippen LogP contribution in [0.1, 0.15) is 0 Å². The summed E-state index contributed by atoms with van der Waals surface area (Å²) in [6.07, 6.45) is 6.54. The monoisotopic (exact) mass is 204 g/mol. The van der Waals surface area contributed by atoms with Crippen LogP contribution in [0.15, 0.2) is 35.6 Å². The average molecular weight is 204 g/mol. The molecule has 2 rings (SSSR count). The van der Waals surface area contributed by atoms with Gasteiger partial charge in [-0.2, -0.15) is 0 Å². The molecule has 1 aromatic rings. The van der Waals surface area contributed by atoms with E-state index in [1.807, 2.05) is 6.20 Å². The summed E-state index contributed by atoms with van der Waals surface area (Å²) in [6, 6.07) is 3.03. The molecule has 0 fully saturated rings. The van der Waals surface area contributed by atoms with Gasteiger partial charge in [0.2, 0.25) is 0 Å². The van der Waals surface area contributed by atoms with Gasteiger partial charge in [-0.05, 0) is 12.1 Å². The second-order valence-corrected chi connectivity index (χ2v) is 2.92. The van der Waals surface area contributed by atoms with Crippen LogP contribution in [0.2, 0.25) is 0 Å². The molecule has 15 heavy (non-hydrogen) atoms. The highest BCUT2D eigenvalue weighted by Crippen LogP contribution is 2.16. The van der Waals surface area contributed by atoms with Gasteiger partial charge in [0.25, 0.3) is 5.69 Å². The summed E-state index contributed by atoms with van der Waals surface area (Å²) in [6.45, 7) is 0.487. The number of nitro groups is 1. The number of hydrogen-bond acceptors (Lipinski definition) is 5. The highest BCUT2D eigenvalue weighted by atomic mass is 16.6. The Morgan fingerprint density at radius 2 is 2.33 bits per heavy atom. The maximum absolute atomic E-state index is 10.4. The fourth-order valence-electron chi connectivity index (χ4n) is 1.19. The zero-order chi connectivity index (χ0) is 10.7. The van der Waals surface area contributed by atoms with Crippen molar-refractivity contribution < 1.29 is 4.92 Å². The van der Waals surface area contributed by atoms with Gasteiger partial charge in [0.15, 0.2) is 0 Å². The van der Waals surface area contributed by atoms with Crippen LogP contribution in [-0.4, -0.2) is 22.8 Å². The first-order valence-corrected chi connectivity index (χ1v) is 4.31. The number of nitrogens with zero attached hydrogens (tertiary/aromatic N) is 4. The quantitative estimate of drug-likeness (QED) is 0.538. The summed E-state index contributed by atoms with van der Waals surface area (Å²) in [5.41, 5.74) is -0.0109. The van der Waals surface area contributed by atoms with Gasteiger partial charge in [0.1, 0.15) is 18.7 Å². The lowest BCUT2D eigenvalue weighted by Crippen LogP contribution is -2.19. The molecule has 0 saturated heterocycles. The predicted molar refractivity (Wildman–Crippen MR) is 55.9 cm³/mol. The van der Waals surface area contributed by atoms with Gasteiger partial charge in [-0.25, -0.2) is 4.98 Å². The van der Waals surface area contributed by atoms with Crippen molar-refractivity contribution in [1.82, 2.24) is 4.98 Å². The van der Waals surface area contributed by atoms with Crippen LogP contribution in [0.25, 0.3) is 0 Å². The van der Waals surface area contributed by atoms with E-state index < -0.39 is 4.92 Å². The molecule has 0 bridgehead atoms. The van der Waals surface area contributed by atoms with Crippen molar-refractivity contribution >= 4 is 17.7 Å². The van der Waals surface area contributed by atoms with Gasteiger partial charge < -0.3 is 4.90 Å². The lowest BCUT2D eigenvalue weighted by atomic mass is 10.4. The Kier molecular flexibility index (Phi) is 2.40. The zero-order valence-corrected chi connectivity index (χ0v) is 7.78. The Hall–Kier alpha value is -2.24. The molecule has 0 N–H and O–H groups in total. The van der Waals surface area contributed by atoms with Crippen molar-refractivity contribution in [2.24, 2.45) is 4.99 Å². The lowest BCUT2D eigenvalue weighted by Gasteiger charge is -2.17. The van der Waals surface area contributed by atoms with Crippen LogP contribution in [0.5, 0.6) is 0 Å². The van der Waals surface area contributed by atoms with Crippen LogP contribution >= 0.6 is 0 Å². The smallest absolute Gasteiger partial charge is 0.287 e. The highest BCUT2D eigenvalue weighted by Gasteiger charge is 2.09. The number of aromatic nitrogens is 1. The van der Waals surface area contributed by atoms with Gasteiger partial charge in [-0.1, -0.05) is 0 Å². The molecule has 0 atom stereocenters. The molecule has 76 valence electrons. The maximum Gasteiger partial charge on any atom is 0.287 e. The fourth-order valence-corrected chi connectivity index (χ4v) is 1.19. The minimum absolute atomic E-state index is 0.0109. The van der Waals surface area contributed by atoms with E-state index in [-0.39, 0.29) is 5.69 Å². The van der Waals surface area contributed by atoms with Crippen LogP contribution in [0.3, 0.4) is 0 Å². The molecular weight excluding hydrogens is 196 g/mol. The van der Waals surface area contributed by atoms with Crippen molar-refractivity contribution in [2.75, 3.05) is 11.6 Å². The first kappa shape index (κ1) is 9.32. The molecule has 2 heterocycles. The van der Waals surface area contributed by atoms with E-state index >= 15 is 0 Å². The van der Waals surface area contributed by atoms with Gasteiger partial charge in [0, 0.05) is 18.5 Å². The number of pyridine rings is 1. The molecule has 1 aliphatic heterocycles. The topological polar surface area (TPSA) is 71.6 Å². The molecular formula is C9H8N4O2.